The second kappa shape index (κ2) is 8.34. The van der Waals surface area contributed by atoms with E-state index < -0.39 is 0 Å². The zero-order chi connectivity index (χ0) is 15.8. The molecule has 2 rings (SSSR count). The van der Waals surface area contributed by atoms with Crippen LogP contribution in [0.2, 0.25) is 0 Å². The van der Waals surface area contributed by atoms with Gasteiger partial charge in [0.25, 0.3) is 5.91 Å². The average molecular weight is 316 g/mol. The molecule has 2 aromatic carbocycles. The largest absolute Gasteiger partial charge is 0.495 e. The molecule has 1 amide bonds. The Morgan fingerprint density at radius 1 is 1.18 bits per heavy atom. The highest BCUT2D eigenvalue weighted by atomic mass is 32.2. The number of hydrogen-bond acceptors (Lipinski definition) is 4. The van der Waals surface area contributed by atoms with Gasteiger partial charge in [-0.2, -0.15) is 0 Å². The van der Waals surface area contributed by atoms with Crippen LogP contribution >= 0.6 is 11.8 Å². The van der Waals surface area contributed by atoms with Crippen LogP contribution in [0.4, 0.5) is 5.69 Å². The minimum Gasteiger partial charge on any atom is -0.495 e. The number of anilines is 1. The van der Waals surface area contributed by atoms with Crippen LogP contribution in [-0.4, -0.2) is 32.4 Å². The quantitative estimate of drug-likeness (QED) is 0.608. The molecule has 0 unspecified atom stereocenters. The van der Waals surface area contributed by atoms with E-state index in [9.17, 15) is 4.79 Å². The molecule has 0 saturated carbocycles. The predicted octanol–water partition coefficient (Wildman–Crippen LogP) is 3.26. The lowest BCUT2D eigenvalue weighted by Gasteiger charge is -2.12. The zero-order valence-electron chi connectivity index (χ0n) is 12.8. The third-order valence-corrected chi connectivity index (χ3v) is 4.13. The Hall–Kier alpha value is -2.14. The van der Waals surface area contributed by atoms with Crippen LogP contribution in [0.5, 0.6) is 5.75 Å². The van der Waals surface area contributed by atoms with Gasteiger partial charge in [-0.1, -0.05) is 18.2 Å². The summed E-state index contributed by atoms with van der Waals surface area (Å²) in [5.41, 5.74) is 1.44. The summed E-state index contributed by atoms with van der Waals surface area (Å²) in [7, 11) is 3.25. The van der Waals surface area contributed by atoms with Crippen molar-refractivity contribution >= 4 is 23.4 Å². The van der Waals surface area contributed by atoms with Gasteiger partial charge in [-0.15, -0.1) is 11.8 Å². The van der Waals surface area contributed by atoms with Gasteiger partial charge in [-0.05, 0) is 30.3 Å². The van der Waals surface area contributed by atoms with E-state index in [4.69, 9.17) is 4.74 Å². The van der Waals surface area contributed by atoms with Crippen molar-refractivity contribution in [2.75, 3.05) is 31.8 Å². The molecule has 2 aromatic rings. The van der Waals surface area contributed by atoms with Crippen molar-refractivity contribution < 1.29 is 9.53 Å². The normalized spacial score (nSPS) is 10.1. The number of methoxy groups -OCH3 is 1. The fourth-order valence-corrected chi connectivity index (χ4v) is 2.79. The highest BCUT2D eigenvalue weighted by Crippen LogP contribution is 2.26. The second-order valence-corrected chi connectivity index (χ2v) is 5.75. The van der Waals surface area contributed by atoms with Crippen LogP contribution in [0.1, 0.15) is 10.4 Å². The van der Waals surface area contributed by atoms with E-state index in [0.29, 0.717) is 5.56 Å². The number of carbonyl (C=O) groups is 1. The summed E-state index contributed by atoms with van der Waals surface area (Å²) in [6.45, 7) is 0.785. The number of hydrogen-bond donors (Lipinski definition) is 2. The van der Waals surface area contributed by atoms with Gasteiger partial charge >= 0.3 is 0 Å². The molecule has 0 radical (unpaired) electrons. The summed E-state index contributed by atoms with van der Waals surface area (Å²) in [6, 6.07) is 15.6. The van der Waals surface area contributed by atoms with E-state index in [1.165, 1.54) is 4.90 Å². The maximum atomic E-state index is 11.7. The average Bonchev–Trinajstić information content (AvgIpc) is 2.58. The molecule has 22 heavy (non-hydrogen) atoms. The smallest absolute Gasteiger partial charge is 0.251 e. The van der Waals surface area contributed by atoms with Crippen LogP contribution < -0.4 is 15.4 Å². The lowest BCUT2D eigenvalue weighted by Crippen LogP contribution is -2.18. The molecule has 0 aliphatic rings. The first-order chi connectivity index (χ1) is 10.7. The summed E-state index contributed by atoms with van der Waals surface area (Å²) < 4.78 is 5.33. The standard InChI is InChI=1S/C17H20N2O2S/c1-18-17(20)13-8-9-16(21-2)15(12-13)19-10-11-22-14-6-4-3-5-7-14/h3-9,12,19H,10-11H2,1-2H3,(H,18,20). The monoisotopic (exact) mass is 316 g/mol. The van der Waals surface area contributed by atoms with Crippen molar-refractivity contribution in [3.63, 3.8) is 0 Å². The van der Waals surface area contributed by atoms with E-state index in [1.807, 2.05) is 24.3 Å². The number of ether oxygens (including phenoxy) is 1. The van der Waals surface area contributed by atoms with Crippen molar-refractivity contribution in [2.45, 2.75) is 4.90 Å². The summed E-state index contributed by atoms with van der Waals surface area (Å²) in [5, 5.41) is 5.95. The van der Waals surface area contributed by atoms with Crippen LogP contribution in [0.3, 0.4) is 0 Å². The van der Waals surface area contributed by atoms with Gasteiger partial charge in [0, 0.05) is 29.8 Å². The Kier molecular flexibility index (Phi) is 6.15. The third kappa shape index (κ3) is 4.43. The zero-order valence-corrected chi connectivity index (χ0v) is 13.6. The fraction of sp³-hybridized carbons (Fsp3) is 0.235. The Morgan fingerprint density at radius 3 is 2.64 bits per heavy atom. The van der Waals surface area contributed by atoms with Gasteiger partial charge in [0.15, 0.2) is 0 Å². The number of thioether (sulfide) groups is 1. The van der Waals surface area contributed by atoms with E-state index in [2.05, 4.69) is 22.8 Å². The minimum absolute atomic E-state index is 0.107. The van der Waals surface area contributed by atoms with Gasteiger partial charge in [-0.25, -0.2) is 0 Å². The molecule has 0 saturated heterocycles. The van der Waals surface area contributed by atoms with Crippen molar-refractivity contribution in [3.05, 3.63) is 54.1 Å². The second-order valence-electron chi connectivity index (χ2n) is 4.58. The summed E-state index contributed by atoms with van der Waals surface area (Å²) in [4.78, 5) is 12.9. The van der Waals surface area contributed by atoms with Crippen LogP contribution in [-0.2, 0) is 0 Å². The van der Waals surface area contributed by atoms with E-state index in [1.54, 1.807) is 38.1 Å². The topological polar surface area (TPSA) is 50.4 Å². The van der Waals surface area contributed by atoms with Crippen molar-refractivity contribution in [3.8, 4) is 5.75 Å². The van der Waals surface area contributed by atoms with Crippen molar-refractivity contribution in [1.82, 2.24) is 5.32 Å². The fourth-order valence-electron chi connectivity index (χ4n) is 2.00. The molecule has 0 aliphatic carbocycles. The molecule has 0 bridgehead atoms. The molecule has 0 atom stereocenters. The first-order valence-corrected chi connectivity index (χ1v) is 8.05. The number of nitrogens with one attached hydrogen (secondary N) is 2. The number of benzene rings is 2. The Morgan fingerprint density at radius 2 is 1.95 bits per heavy atom. The SMILES string of the molecule is CNC(=O)c1ccc(OC)c(NCCSc2ccccc2)c1. The molecular formula is C17H20N2O2S. The first kappa shape index (κ1) is 16.2. The molecule has 0 spiro atoms. The molecule has 5 heteroatoms. The Balaban J connectivity index is 1.94. The Labute approximate surface area is 135 Å². The van der Waals surface area contributed by atoms with E-state index in [0.717, 1.165) is 23.7 Å². The van der Waals surface area contributed by atoms with E-state index in [-0.39, 0.29) is 5.91 Å². The molecule has 4 nitrogen and oxygen atoms in total. The minimum atomic E-state index is -0.107. The summed E-state index contributed by atoms with van der Waals surface area (Å²) >= 11 is 1.79. The van der Waals surface area contributed by atoms with Crippen molar-refractivity contribution in [2.24, 2.45) is 0 Å². The molecule has 116 valence electrons. The van der Waals surface area contributed by atoms with Crippen LogP contribution in [0, 0.1) is 0 Å². The number of carbonyl (C=O) groups excluding carboxylic acids is 1. The summed E-state index contributed by atoms with van der Waals surface area (Å²) in [6.07, 6.45) is 0. The van der Waals surface area contributed by atoms with Gasteiger partial charge in [0.05, 0.1) is 12.8 Å². The third-order valence-electron chi connectivity index (χ3n) is 3.12. The molecule has 0 fully saturated rings. The lowest BCUT2D eigenvalue weighted by atomic mass is 10.1. The highest BCUT2D eigenvalue weighted by Gasteiger charge is 2.08. The van der Waals surface area contributed by atoms with Crippen LogP contribution in [0.15, 0.2) is 53.4 Å². The highest BCUT2D eigenvalue weighted by molar-refractivity contribution is 7.99. The van der Waals surface area contributed by atoms with Gasteiger partial charge in [0.1, 0.15) is 5.75 Å². The lowest BCUT2D eigenvalue weighted by molar-refractivity contribution is 0.0963. The first-order valence-electron chi connectivity index (χ1n) is 7.06. The summed E-state index contributed by atoms with van der Waals surface area (Å²) in [5.74, 6) is 1.55. The molecule has 2 N–H and O–H groups in total. The van der Waals surface area contributed by atoms with Gasteiger partial charge in [-0.3, -0.25) is 4.79 Å². The molecule has 0 heterocycles. The van der Waals surface area contributed by atoms with Gasteiger partial charge in [0.2, 0.25) is 0 Å². The van der Waals surface area contributed by atoms with Crippen molar-refractivity contribution in [1.29, 1.82) is 0 Å². The van der Waals surface area contributed by atoms with Crippen LogP contribution in [0.25, 0.3) is 0 Å². The number of amides is 1. The maximum absolute atomic E-state index is 11.7. The Bertz CT molecular complexity index is 617. The molecular weight excluding hydrogens is 296 g/mol. The van der Waals surface area contributed by atoms with E-state index >= 15 is 0 Å². The molecule has 0 aliphatic heterocycles. The van der Waals surface area contributed by atoms with Gasteiger partial charge < -0.3 is 15.4 Å². The molecule has 0 aromatic heterocycles. The number of rotatable bonds is 7. The predicted molar refractivity (Wildman–Crippen MR) is 92.0 cm³/mol. The maximum Gasteiger partial charge on any atom is 0.251 e.